The van der Waals surface area contributed by atoms with Crippen molar-refractivity contribution in [3.63, 3.8) is 0 Å². The summed E-state index contributed by atoms with van der Waals surface area (Å²) < 4.78 is 1.68. The fraction of sp³-hybridized carbons (Fsp3) is 0.316. The van der Waals surface area contributed by atoms with Crippen LogP contribution >= 0.6 is 0 Å². The van der Waals surface area contributed by atoms with Crippen molar-refractivity contribution in [1.82, 2.24) is 30.0 Å². The molecule has 8 heteroatoms. The Bertz CT molecular complexity index is 922. The van der Waals surface area contributed by atoms with Gasteiger partial charge in [-0.15, -0.1) is 0 Å². The SMILES string of the molecule is Cc1cnc(-c2cccc(C(=O)N[C@H](C)Cn3cncn3)c2)nc1N(C)C. The van der Waals surface area contributed by atoms with Gasteiger partial charge in [-0.3, -0.25) is 9.48 Å². The van der Waals surface area contributed by atoms with Crippen LogP contribution in [0.5, 0.6) is 0 Å². The third-order valence-electron chi connectivity index (χ3n) is 4.06. The van der Waals surface area contributed by atoms with E-state index >= 15 is 0 Å². The largest absolute Gasteiger partial charge is 0.362 e. The molecule has 1 aromatic carbocycles. The van der Waals surface area contributed by atoms with Crippen molar-refractivity contribution < 1.29 is 4.79 Å². The highest BCUT2D eigenvalue weighted by Gasteiger charge is 2.13. The molecule has 1 amide bonds. The number of hydrogen-bond acceptors (Lipinski definition) is 6. The summed E-state index contributed by atoms with van der Waals surface area (Å²) in [5.74, 6) is 1.30. The molecule has 0 aliphatic heterocycles. The Balaban J connectivity index is 1.77. The first-order valence-corrected chi connectivity index (χ1v) is 8.68. The van der Waals surface area contributed by atoms with E-state index in [1.807, 2.05) is 51.0 Å². The quantitative estimate of drug-likeness (QED) is 0.718. The van der Waals surface area contributed by atoms with E-state index < -0.39 is 0 Å². The van der Waals surface area contributed by atoms with Gasteiger partial charge in [0.2, 0.25) is 0 Å². The first kappa shape index (κ1) is 18.5. The Labute approximate surface area is 158 Å². The van der Waals surface area contributed by atoms with Gasteiger partial charge in [0.1, 0.15) is 18.5 Å². The molecule has 0 aliphatic rings. The highest BCUT2D eigenvalue weighted by atomic mass is 16.1. The van der Waals surface area contributed by atoms with Crippen LogP contribution < -0.4 is 10.2 Å². The van der Waals surface area contributed by atoms with Crippen LogP contribution in [0.1, 0.15) is 22.8 Å². The number of nitrogens with zero attached hydrogens (tertiary/aromatic N) is 6. The van der Waals surface area contributed by atoms with E-state index in [0.717, 1.165) is 16.9 Å². The summed E-state index contributed by atoms with van der Waals surface area (Å²) in [4.78, 5) is 27.5. The van der Waals surface area contributed by atoms with Gasteiger partial charge in [0.05, 0.1) is 6.54 Å². The average Bonchev–Trinajstić information content (AvgIpc) is 3.14. The lowest BCUT2D eigenvalue weighted by atomic mass is 10.1. The molecule has 0 fully saturated rings. The standard InChI is InChI=1S/C19H23N7O/c1-13-9-21-17(24-18(13)25(3)4)15-6-5-7-16(8-15)19(27)23-14(2)10-26-12-20-11-22-26/h5-9,11-12,14H,10H2,1-4H3,(H,23,27)/t14-/m1/s1. The predicted molar refractivity (Wildman–Crippen MR) is 103 cm³/mol. The number of aromatic nitrogens is 5. The summed E-state index contributed by atoms with van der Waals surface area (Å²) in [5.41, 5.74) is 2.36. The van der Waals surface area contributed by atoms with Gasteiger partial charge in [0, 0.05) is 43.0 Å². The molecule has 2 heterocycles. The lowest BCUT2D eigenvalue weighted by Gasteiger charge is -2.15. The summed E-state index contributed by atoms with van der Waals surface area (Å²) in [5, 5.41) is 7.03. The molecule has 3 aromatic rings. The highest BCUT2D eigenvalue weighted by Crippen LogP contribution is 2.21. The van der Waals surface area contributed by atoms with Crippen LogP contribution in [0.4, 0.5) is 5.82 Å². The second kappa shape index (κ2) is 7.94. The zero-order valence-corrected chi connectivity index (χ0v) is 15.9. The predicted octanol–water partition coefficient (Wildman–Crippen LogP) is 1.93. The van der Waals surface area contributed by atoms with E-state index in [9.17, 15) is 4.79 Å². The molecule has 0 unspecified atom stereocenters. The van der Waals surface area contributed by atoms with Gasteiger partial charge in [-0.05, 0) is 26.0 Å². The molecule has 3 rings (SSSR count). The minimum atomic E-state index is -0.149. The van der Waals surface area contributed by atoms with Crippen LogP contribution in [-0.4, -0.2) is 50.8 Å². The normalized spacial score (nSPS) is 11.9. The smallest absolute Gasteiger partial charge is 0.251 e. The first-order chi connectivity index (χ1) is 12.9. The van der Waals surface area contributed by atoms with Crippen molar-refractivity contribution in [2.75, 3.05) is 19.0 Å². The molecule has 0 radical (unpaired) electrons. The van der Waals surface area contributed by atoms with Crippen molar-refractivity contribution in [3.05, 3.63) is 54.2 Å². The van der Waals surface area contributed by atoms with Gasteiger partial charge < -0.3 is 10.2 Å². The van der Waals surface area contributed by atoms with Crippen molar-refractivity contribution in [1.29, 1.82) is 0 Å². The maximum Gasteiger partial charge on any atom is 0.251 e. The number of benzene rings is 1. The van der Waals surface area contributed by atoms with Gasteiger partial charge in [0.25, 0.3) is 5.91 Å². The van der Waals surface area contributed by atoms with Gasteiger partial charge in [0.15, 0.2) is 5.82 Å². The molecular formula is C19H23N7O. The van der Waals surface area contributed by atoms with Crippen LogP contribution in [0.15, 0.2) is 43.1 Å². The Morgan fingerprint density at radius 2 is 2.15 bits per heavy atom. The number of aryl methyl sites for hydroxylation is 1. The van der Waals surface area contributed by atoms with Crippen LogP contribution in [0, 0.1) is 6.92 Å². The van der Waals surface area contributed by atoms with E-state index in [-0.39, 0.29) is 11.9 Å². The number of carbonyl (C=O) groups excluding carboxylic acids is 1. The number of carbonyl (C=O) groups is 1. The average molecular weight is 365 g/mol. The molecule has 2 aromatic heterocycles. The Hall–Kier alpha value is -3.29. The third-order valence-corrected chi connectivity index (χ3v) is 4.06. The monoisotopic (exact) mass is 365 g/mol. The molecule has 1 atom stereocenters. The van der Waals surface area contributed by atoms with Crippen LogP contribution in [0.25, 0.3) is 11.4 Å². The molecule has 0 bridgehead atoms. The number of rotatable bonds is 6. The summed E-state index contributed by atoms with van der Waals surface area (Å²) >= 11 is 0. The second-order valence-electron chi connectivity index (χ2n) is 6.67. The summed E-state index contributed by atoms with van der Waals surface area (Å²) in [7, 11) is 3.89. The summed E-state index contributed by atoms with van der Waals surface area (Å²) in [6, 6.07) is 7.24. The van der Waals surface area contributed by atoms with Crippen molar-refractivity contribution in [2.45, 2.75) is 26.4 Å². The maximum atomic E-state index is 12.6. The number of hydrogen-bond donors (Lipinski definition) is 1. The topological polar surface area (TPSA) is 88.8 Å². The molecule has 1 N–H and O–H groups in total. The molecular weight excluding hydrogens is 342 g/mol. The van der Waals surface area contributed by atoms with E-state index in [0.29, 0.717) is 17.9 Å². The van der Waals surface area contributed by atoms with E-state index in [1.54, 1.807) is 23.3 Å². The van der Waals surface area contributed by atoms with Crippen molar-refractivity contribution >= 4 is 11.7 Å². The maximum absolute atomic E-state index is 12.6. The van der Waals surface area contributed by atoms with Crippen molar-refractivity contribution in [2.24, 2.45) is 0 Å². The van der Waals surface area contributed by atoms with Crippen LogP contribution in [0.3, 0.4) is 0 Å². The van der Waals surface area contributed by atoms with E-state index in [2.05, 4.69) is 25.4 Å². The lowest BCUT2D eigenvalue weighted by Crippen LogP contribution is -2.35. The molecule has 0 spiro atoms. The number of anilines is 1. The van der Waals surface area contributed by atoms with Gasteiger partial charge >= 0.3 is 0 Å². The second-order valence-corrected chi connectivity index (χ2v) is 6.67. The van der Waals surface area contributed by atoms with Crippen LogP contribution in [-0.2, 0) is 6.54 Å². The fourth-order valence-corrected chi connectivity index (χ4v) is 2.78. The first-order valence-electron chi connectivity index (χ1n) is 8.68. The Morgan fingerprint density at radius 3 is 2.85 bits per heavy atom. The van der Waals surface area contributed by atoms with E-state index in [4.69, 9.17) is 0 Å². The minimum absolute atomic E-state index is 0.0844. The van der Waals surface area contributed by atoms with Gasteiger partial charge in [-0.2, -0.15) is 5.10 Å². The Morgan fingerprint density at radius 1 is 1.33 bits per heavy atom. The number of nitrogens with one attached hydrogen (secondary N) is 1. The zero-order chi connectivity index (χ0) is 19.4. The zero-order valence-electron chi connectivity index (χ0n) is 15.9. The molecule has 140 valence electrons. The molecule has 0 aliphatic carbocycles. The summed E-state index contributed by atoms with van der Waals surface area (Å²) in [6.07, 6.45) is 4.90. The number of amides is 1. The lowest BCUT2D eigenvalue weighted by molar-refractivity contribution is 0.0936. The molecule has 0 saturated heterocycles. The minimum Gasteiger partial charge on any atom is -0.362 e. The van der Waals surface area contributed by atoms with Crippen molar-refractivity contribution in [3.8, 4) is 11.4 Å². The molecule has 8 nitrogen and oxygen atoms in total. The summed E-state index contributed by atoms with van der Waals surface area (Å²) in [6.45, 7) is 4.45. The fourth-order valence-electron chi connectivity index (χ4n) is 2.78. The Kier molecular flexibility index (Phi) is 5.44. The molecule has 27 heavy (non-hydrogen) atoms. The van der Waals surface area contributed by atoms with Crippen LogP contribution in [0.2, 0.25) is 0 Å². The van der Waals surface area contributed by atoms with Gasteiger partial charge in [-0.25, -0.2) is 15.0 Å². The molecule has 0 saturated carbocycles. The van der Waals surface area contributed by atoms with Gasteiger partial charge in [-0.1, -0.05) is 12.1 Å². The highest BCUT2D eigenvalue weighted by molar-refractivity contribution is 5.95. The third kappa shape index (κ3) is 4.46. The van der Waals surface area contributed by atoms with E-state index in [1.165, 1.54) is 6.33 Å².